The fraction of sp³-hybridized carbons (Fsp3) is 0.312. The van der Waals surface area contributed by atoms with E-state index < -0.39 is 0 Å². The molecule has 0 spiro atoms. The van der Waals surface area contributed by atoms with Gasteiger partial charge in [0.05, 0.1) is 5.69 Å². The number of hydrogen-bond donors (Lipinski definition) is 1. The van der Waals surface area contributed by atoms with Gasteiger partial charge >= 0.3 is 0 Å². The molecule has 0 aliphatic rings. The summed E-state index contributed by atoms with van der Waals surface area (Å²) in [4.78, 5) is 22.1. The smallest absolute Gasteiger partial charge is 0.226 e. The molecule has 0 saturated heterocycles. The van der Waals surface area contributed by atoms with Crippen molar-refractivity contribution in [1.29, 1.82) is 0 Å². The van der Waals surface area contributed by atoms with E-state index in [-0.39, 0.29) is 11.8 Å². The molecule has 2 rings (SSSR count). The molecule has 1 heterocycles. The van der Waals surface area contributed by atoms with Gasteiger partial charge in [-0.25, -0.2) is 9.97 Å². The van der Waals surface area contributed by atoms with Crippen LogP contribution < -0.4 is 10.2 Å². The van der Waals surface area contributed by atoms with Crippen molar-refractivity contribution in [1.82, 2.24) is 9.97 Å². The number of benzene rings is 1. The maximum Gasteiger partial charge on any atom is 0.226 e. The van der Waals surface area contributed by atoms with Crippen LogP contribution in [0.1, 0.15) is 13.8 Å². The van der Waals surface area contributed by atoms with Crippen LogP contribution in [0.15, 0.2) is 36.7 Å². The lowest BCUT2D eigenvalue weighted by molar-refractivity contribution is -0.118. The molecule has 110 valence electrons. The van der Waals surface area contributed by atoms with Crippen LogP contribution >= 0.6 is 0 Å². The van der Waals surface area contributed by atoms with E-state index >= 15 is 0 Å². The first-order valence-corrected chi connectivity index (χ1v) is 6.88. The summed E-state index contributed by atoms with van der Waals surface area (Å²) < 4.78 is 0. The van der Waals surface area contributed by atoms with Gasteiger partial charge in [0, 0.05) is 37.3 Å². The van der Waals surface area contributed by atoms with E-state index in [2.05, 4.69) is 15.3 Å². The zero-order valence-corrected chi connectivity index (χ0v) is 12.8. The minimum Gasteiger partial charge on any atom is -0.363 e. The predicted octanol–water partition coefficient (Wildman–Crippen LogP) is 2.80. The summed E-state index contributed by atoms with van der Waals surface area (Å²) in [5, 5.41) is 2.87. The monoisotopic (exact) mass is 284 g/mol. The van der Waals surface area contributed by atoms with E-state index in [9.17, 15) is 4.79 Å². The van der Waals surface area contributed by atoms with Gasteiger partial charge in [-0.05, 0) is 12.1 Å². The van der Waals surface area contributed by atoms with Gasteiger partial charge in [0.15, 0.2) is 0 Å². The molecule has 1 aromatic heterocycles. The topological polar surface area (TPSA) is 58.1 Å². The van der Waals surface area contributed by atoms with E-state index in [1.54, 1.807) is 6.33 Å². The van der Waals surface area contributed by atoms with Crippen LogP contribution in [0.4, 0.5) is 11.5 Å². The summed E-state index contributed by atoms with van der Waals surface area (Å²) in [5.41, 5.74) is 2.64. The van der Waals surface area contributed by atoms with Crippen LogP contribution in [0.3, 0.4) is 0 Å². The highest BCUT2D eigenvalue weighted by Crippen LogP contribution is 2.21. The molecule has 1 N–H and O–H groups in total. The number of carbonyl (C=O) groups excluding carboxylic acids is 1. The summed E-state index contributed by atoms with van der Waals surface area (Å²) >= 11 is 0. The third-order valence-corrected chi connectivity index (χ3v) is 3.08. The second kappa shape index (κ2) is 6.35. The third kappa shape index (κ3) is 3.78. The van der Waals surface area contributed by atoms with Crippen LogP contribution in [-0.4, -0.2) is 30.0 Å². The Labute approximate surface area is 125 Å². The lowest BCUT2D eigenvalue weighted by atomic mass is 10.1. The molecule has 0 bridgehead atoms. The quantitative estimate of drug-likeness (QED) is 0.938. The molecule has 0 fully saturated rings. The fourth-order valence-corrected chi connectivity index (χ4v) is 1.76. The number of nitrogens with zero attached hydrogens (tertiary/aromatic N) is 3. The van der Waals surface area contributed by atoms with Gasteiger partial charge in [0.1, 0.15) is 12.1 Å². The Kier molecular flexibility index (Phi) is 4.52. The molecule has 0 unspecified atom stereocenters. The van der Waals surface area contributed by atoms with Crippen molar-refractivity contribution >= 4 is 17.4 Å². The molecule has 2 aromatic rings. The first kappa shape index (κ1) is 15.0. The molecule has 5 heteroatoms. The molecule has 0 aliphatic carbocycles. The van der Waals surface area contributed by atoms with E-state index in [0.717, 1.165) is 22.8 Å². The van der Waals surface area contributed by atoms with Crippen LogP contribution in [0.2, 0.25) is 0 Å². The maximum atomic E-state index is 11.6. The predicted molar refractivity (Wildman–Crippen MR) is 85.3 cm³/mol. The van der Waals surface area contributed by atoms with Gasteiger partial charge in [-0.3, -0.25) is 4.79 Å². The summed E-state index contributed by atoms with van der Waals surface area (Å²) in [6.45, 7) is 3.74. The molecule has 0 saturated carbocycles. The second-order valence-corrected chi connectivity index (χ2v) is 5.38. The minimum atomic E-state index is -0.0332. The molecule has 21 heavy (non-hydrogen) atoms. The summed E-state index contributed by atoms with van der Waals surface area (Å²) in [6, 6.07) is 9.58. The number of rotatable bonds is 4. The van der Waals surface area contributed by atoms with Gasteiger partial charge in [-0.1, -0.05) is 26.0 Å². The highest BCUT2D eigenvalue weighted by Gasteiger charge is 2.08. The molecule has 1 amide bonds. The Morgan fingerprint density at radius 1 is 1.14 bits per heavy atom. The zero-order chi connectivity index (χ0) is 15.4. The van der Waals surface area contributed by atoms with E-state index in [1.165, 1.54) is 0 Å². The molecule has 0 aliphatic heterocycles. The average Bonchev–Trinajstić information content (AvgIpc) is 2.48. The van der Waals surface area contributed by atoms with Crippen molar-refractivity contribution in [2.24, 2.45) is 5.92 Å². The number of anilines is 2. The van der Waals surface area contributed by atoms with Gasteiger partial charge in [-0.2, -0.15) is 0 Å². The Morgan fingerprint density at radius 2 is 1.81 bits per heavy atom. The summed E-state index contributed by atoms with van der Waals surface area (Å²) in [7, 11) is 3.88. The van der Waals surface area contributed by atoms with Crippen LogP contribution in [0.5, 0.6) is 0 Å². The zero-order valence-electron chi connectivity index (χ0n) is 12.8. The SMILES string of the molecule is CC(C)C(=O)Nc1ccc(-c2cc(N(C)C)ncn2)cc1. The van der Waals surface area contributed by atoms with Crippen molar-refractivity contribution in [3.8, 4) is 11.3 Å². The average molecular weight is 284 g/mol. The third-order valence-electron chi connectivity index (χ3n) is 3.08. The van der Waals surface area contributed by atoms with Crippen molar-refractivity contribution in [2.45, 2.75) is 13.8 Å². The summed E-state index contributed by atoms with van der Waals surface area (Å²) in [5.74, 6) is 0.839. The van der Waals surface area contributed by atoms with Crippen molar-refractivity contribution < 1.29 is 4.79 Å². The number of aromatic nitrogens is 2. The van der Waals surface area contributed by atoms with Gasteiger partial charge in [-0.15, -0.1) is 0 Å². The van der Waals surface area contributed by atoms with Gasteiger partial charge < -0.3 is 10.2 Å². The highest BCUT2D eigenvalue weighted by molar-refractivity contribution is 5.92. The minimum absolute atomic E-state index is 0.0136. The van der Waals surface area contributed by atoms with Crippen molar-refractivity contribution in [3.63, 3.8) is 0 Å². The molecule has 0 radical (unpaired) electrons. The normalized spacial score (nSPS) is 10.5. The van der Waals surface area contributed by atoms with Crippen LogP contribution in [0.25, 0.3) is 11.3 Å². The number of nitrogens with one attached hydrogen (secondary N) is 1. The molecule has 5 nitrogen and oxygen atoms in total. The van der Waals surface area contributed by atoms with Crippen LogP contribution in [-0.2, 0) is 4.79 Å². The summed E-state index contributed by atoms with van der Waals surface area (Å²) in [6.07, 6.45) is 1.55. The van der Waals surface area contributed by atoms with Gasteiger partial charge in [0.25, 0.3) is 0 Å². The van der Waals surface area contributed by atoms with Gasteiger partial charge in [0.2, 0.25) is 5.91 Å². The van der Waals surface area contributed by atoms with E-state index in [4.69, 9.17) is 0 Å². The highest BCUT2D eigenvalue weighted by atomic mass is 16.1. The number of carbonyl (C=O) groups is 1. The Bertz CT molecular complexity index is 620. The molecule has 1 aromatic carbocycles. The number of hydrogen-bond acceptors (Lipinski definition) is 4. The second-order valence-electron chi connectivity index (χ2n) is 5.38. The Balaban J connectivity index is 2.19. The Hall–Kier alpha value is -2.43. The molecule has 0 atom stereocenters. The first-order valence-electron chi connectivity index (χ1n) is 6.88. The standard InChI is InChI=1S/C16H20N4O/c1-11(2)16(21)19-13-7-5-12(6-8-13)14-9-15(20(3)4)18-10-17-14/h5-11H,1-4H3,(H,19,21). The van der Waals surface area contributed by atoms with E-state index in [1.807, 2.05) is 63.2 Å². The first-order chi connectivity index (χ1) is 9.97. The maximum absolute atomic E-state index is 11.6. The van der Waals surface area contributed by atoms with Crippen molar-refractivity contribution in [2.75, 3.05) is 24.3 Å². The molecular weight excluding hydrogens is 264 g/mol. The number of amides is 1. The van der Waals surface area contributed by atoms with E-state index in [0.29, 0.717) is 0 Å². The largest absolute Gasteiger partial charge is 0.363 e. The molecular formula is C16H20N4O. The fourth-order valence-electron chi connectivity index (χ4n) is 1.76. The van der Waals surface area contributed by atoms with Crippen LogP contribution in [0, 0.1) is 5.92 Å². The van der Waals surface area contributed by atoms with Crippen molar-refractivity contribution in [3.05, 3.63) is 36.7 Å². The lowest BCUT2D eigenvalue weighted by Crippen LogP contribution is -2.17. The Morgan fingerprint density at radius 3 is 2.38 bits per heavy atom. The lowest BCUT2D eigenvalue weighted by Gasteiger charge is -2.12.